The quantitative estimate of drug-likeness (QED) is 0.745. The number of nitrogens with zero attached hydrogens (tertiary/aromatic N) is 4. The highest BCUT2D eigenvalue weighted by Gasteiger charge is 2.29. The smallest absolute Gasteiger partial charge is 0.134 e. The van der Waals surface area contributed by atoms with Gasteiger partial charge in [-0.15, -0.1) is 0 Å². The van der Waals surface area contributed by atoms with Gasteiger partial charge in [-0.1, -0.05) is 6.07 Å². The lowest BCUT2D eigenvalue weighted by molar-refractivity contribution is 0.0553. The van der Waals surface area contributed by atoms with Crippen molar-refractivity contribution in [1.82, 2.24) is 14.9 Å². The van der Waals surface area contributed by atoms with Gasteiger partial charge in [0.25, 0.3) is 0 Å². The third-order valence-corrected chi connectivity index (χ3v) is 7.20. The van der Waals surface area contributed by atoms with Gasteiger partial charge in [0.2, 0.25) is 0 Å². The maximum atomic E-state index is 5.54. The van der Waals surface area contributed by atoms with Gasteiger partial charge in [0.15, 0.2) is 0 Å². The maximum Gasteiger partial charge on any atom is 0.134 e. The van der Waals surface area contributed by atoms with Crippen molar-refractivity contribution in [1.29, 1.82) is 0 Å². The normalized spacial score (nSPS) is 25.3. The Kier molecular flexibility index (Phi) is 6.37. The fraction of sp³-hybridized carbons (Fsp3) is 0.600. The van der Waals surface area contributed by atoms with Crippen molar-refractivity contribution >= 4 is 17.5 Å². The second-order valence-electron chi connectivity index (χ2n) is 9.47. The SMILES string of the molecule is CC1CCCN1c1cc(C2CCN(CC3CCOCC3)C2)cc(Nc2ccccn2)n1. The summed E-state index contributed by atoms with van der Waals surface area (Å²) in [6, 6.07) is 11.1. The van der Waals surface area contributed by atoms with E-state index in [1.807, 2.05) is 24.4 Å². The molecule has 0 aromatic carbocycles. The van der Waals surface area contributed by atoms with E-state index in [9.17, 15) is 0 Å². The second-order valence-corrected chi connectivity index (χ2v) is 9.47. The van der Waals surface area contributed by atoms with Crippen LogP contribution in [0.5, 0.6) is 0 Å². The van der Waals surface area contributed by atoms with Gasteiger partial charge in [-0.3, -0.25) is 0 Å². The molecule has 2 unspecified atom stereocenters. The molecule has 0 amide bonds. The van der Waals surface area contributed by atoms with Crippen LogP contribution in [0.2, 0.25) is 0 Å². The molecule has 3 fully saturated rings. The number of ether oxygens (including phenoxy) is 1. The zero-order chi connectivity index (χ0) is 21.0. The Labute approximate surface area is 186 Å². The van der Waals surface area contributed by atoms with Crippen LogP contribution in [0.25, 0.3) is 0 Å². The molecule has 6 nitrogen and oxygen atoms in total. The van der Waals surface area contributed by atoms with E-state index >= 15 is 0 Å². The summed E-state index contributed by atoms with van der Waals surface area (Å²) < 4.78 is 5.54. The van der Waals surface area contributed by atoms with E-state index < -0.39 is 0 Å². The summed E-state index contributed by atoms with van der Waals surface area (Å²) in [7, 11) is 0. The van der Waals surface area contributed by atoms with E-state index in [1.54, 1.807) is 0 Å². The first-order valence-corrected chi connectivity index (χ1v) is 12.0. The summed E-state index contributed by atoms with van der Waals surface area (Å²) in [5, 5.41) is 3.45. The molecule has 2 aromatic rings. The van der Waals surface area contributed by atoms with Crippen molar-refractivity contribution in [2.45, 2.75) is 51.0 Å². The molecule has 5 heterocycles. The lowest BCUT2D eigenvalue weighted by Gasteiger charge is -2.27. The van der Waals surface area contributed by atoms with Crippen LogP contribution in [0.15, 0.2) is 36.5 Å². The van der Waals surface area contributed by atoms with E-state index in [1.165, 1.54) is 50.8 Å². The molecule has 1 N–H and O–H groups in total. The highest BCUT2D eigenvalue weighted by atomic mass is 16.5. The van der Waals surface area contributed by atoms with Crippen molar-refractivity contribution in [2.24, 2.45) is 5.92 Å². The first kappa shape index (κ1) is 20.7. The average Bonchev–Trinajstić information content (AvgIpc) is 3.44. The molecular formula is C25H35N5O. The van der Waals surface area contributed by atoms with E-state index in [0.717, 1.165) is 49.7 Å². The minimum absolute atomic E-state index is 0.555. The van der Waals surface area contributed by atoms with Crippen LogP contribution in [0, 0.1) is 5.92 Å². The average molecular weight is 422 g/mol. The molecule has 166 valence electrons. The largest absolute Gasteiger partial charge is 0.381 e. The van der Waals surface area contributed by atoms with Gasteiger partial charge in [0, 0.05) is 45.1 Å². The standard InChI is InChI=1S/C25H35N5O/c1-19-5-4-11-30(19)25-16-22(15-24(28-25)27-23-6-2-3-10-26-23)21-7-12-29(18-21)17-20-8-13-31-14-9-20/h2-3,6,10,15-16,19-21H,4-5,7-9,11-14,17-18H2,1H3,(H,26,27,28). The topological polar surface area (TPSA) is 53.5 Å². The van der Waals surface area contributed by atoms with Crippen LogP contribution < -0.4 is 10.2 Å². The van der Waals surface area contributed by atoms with E-state index in [4.69, 9.17) is 9.72 Å². The third-order valence-electron chi connectivity index (χ3n) is 7.20. The van der Waals surface area contributed by atoms with Crippen LogP contribution in [0.3, 0.4) is 0 Å². The highest BCUT2D eigenvalue weighted by Crippen LogP contribution is 2.34. The van der Waals surface area contributed by atoms with Gasteiger partial charge >= 0.3 is 0 Å². The molecular weight excluding hydrogens is 386 g/mol. The number of rotatable bonds is 6. The molecule has 2 atom stereocenters. The number of anilines is 3. The molecule has 5 rings (SSSR count). The summed E-state index contributed by atoms with van der Waals surface area (Å²) in [4.78, 5) is 14.6. The number of hydrogen-bond donors (Lipinski definition) is 1. The Morgan fingerprint density at radius 1 is 1.06 bits per heavy atom. The molecule has 2 aromatic heterocycles. The molecule has 0 aliphatic carbocycles. The van der Waals surface area contributed by atoms with Crippen molar-refractivity contribution < 1.29 is 4.74 Å². The fourth-order valence-electron chi connectivity index (χ4n) is 5.39. The minimum Gasteiger partial charge on any atom is -0.381 e. The van der Waals surface area contributed by atoms with E-state index in [0.29, 0.717) is 12.0 Å². The number of hydrogen-bond acceptors (Lipinski definition) is 6. The molecule has 0 radical (unpaired) electrons. The lowest BCUT2D eigenvalue weighted by atomic mass is 9.98. The molecule has 31 heavy (non-hydrogen) atoms. The summed E-state index contributed by atoms with van der Waals surface area (Å²) >= 11 is 0. The first-order valence-electron chi connectivity index (χ1n) is 12.0. The van der Waals surface area contributed by atoms with Crippen molar-refractivity contribution in [2.75, 3.05) is 49.6 Å². The minimum atomic E-state index is 0.555. The van der Waals surface area contributed by atoms with E-state index in [-0.39, 0.29) is 0 Å². The van der Waals surface area contributed by atoms with E-state index in [2.05, 4.69) is 39.2 Å². The summed E-state index contributed by atoms with van der Waals surface area (Å²) in [5.74, 6) is 4.24. The van der Waals surface area contributed by atoms with Crippen LogP contribution >= 0.6 is 0 Å². The number of aromatic nitrogens is 2. The predicted octanol–water partition coefficient (Wildman–Crippen LogP) is 4.42. The molecule has 6 heteroatoms. The molecule has 3 aliphatic rings. The molecule has 3 aliphatic heterocycles. The van der Waals surface area contributed by atoms with Gasteiger partial charge < -0.3 is 19.9 Å². The highest BCUT2D eigenvalue weighted by molar-refractivity contribution is 5.58. The summed E-state index contributed by atoms with van der Waals surface area (Å²) in [6.45, 7) is 8.86. The van der Waals surface area contributed by atoms with Crippen LogP contribution in [-0.4, -0.2) is 60.3 Å². The Balaban J connectivity index is 1.35. The summed E-state index contributed by atoms with van der Waals surface area (Å²) in [6.07, 6.45) is 7.97. The van der Waals surface area contributed by atoms with Crippen molar-refractivity contribution in [3.05, 3.63) is 42.1 Å². The van der Waals surface area contributed by atoms with Gasteiger partial charge in [-0.05, 0) is 87.2 Å². The molecule has 0 saturated carbocycles. The Hall–Kier alpha value is -2.18. The van der Waals surface area contributed by atoms with Crippen molar-refractivity contribution in [3.8, 4) is 0 Å². The Morgan fingerprint density at radius 2 is 1.97 bits per heavy atom. The maximum absolute atomic E-state index is 5.54. The predicted molar refractivity (Wildman–Crippen MR) is 125 cm³/mol. The third kappa shape index (κ3) is 5.01. The fourth-order valence-corrected chi connectivity index (χ4v) is 5.39. The van der Waals surface area contributed by atoms with Gasteiger partial charge in [-0.2, -0.15) is 0 Å². The van der Waals surface area contributed by atoms with Crippen LogP contribution in [0.4, 0.5) is 17.5 Å². The number of pyridine rings is 2. The monoisotopic (exact) mass is 421 g/mol. The number of nitrogens with one attached hydrogen (secondary N) is 1. The molecule has 0 spiro atoms. The zero-order valence-corrected chi connectivity index (χ0v) is 18.7. The number of likely N-dealkylation sites (tertiary alicyclic amines) is 1. The summed E-state index contributed by atoms with van der Waals surface area (Å²) in [5.41, 5.74) is 1.41. The van der Waals surface area contributed by atoms with Gasteiger partial charge in [-0.25, -0.2) is 9.97 Å². The Bertz CT molecular complexity index is 854. The zero-order valence-electron chi connectivity index (χ0n) is 18.7. The Morgan fingerprint density at radius 3 is 2.74 bits per heavy atom. The van der Waals surface area contributed by atoms with Gasteiger partial charge in [0.05, 0.1) is 0 Å². The molecule has 0 bridgehead atoms. The van der Waals surface area contributed by atoms with Crippen molar-refractivity contribution in [3.63, 3.8) is 0 Å². The van der Waals surface area contributed by atoms with Crippen LogP contribution in [0.1, 0.15) is 50.5 Å². The second kappa shape index (κ2) is 9.53. The van der Waals surface area contributed by atoms with Gasteiger partial charge in [0.1, 0.15) is 17.5 Å². The van der Waals surface area contributed by atoms with Crippen LogP contribution in [-0.2, 0) is 4.74 Å². The lowest BCUT2D eigenvalue weighted by Crippen LogP contribution is -2.31. The molecule has 3 saturated heterocycles. The first-order chi connectivity index (χ1) is 15.2.